The maximum absolute atomic E-state index is 12.5. The molecule has 0 aliphatic carbocycles. The van der Waals surface area contributed by atoms with E-state index in [2.05, 4.69) is 11.8 Å². The summed E-state index contributed by atoms with van der Waals surface area (Å²) in [6.45, 7) is 6.98. The molecule has 3 aromatic carbocycles. The molecule has 0 saturated heterocycles. The monoisotopic (exact) mass is 490 g/mol. The number of benzene rings is 3. The third-order valence-electron chi connectivity index (χ3n) is 4.86. The SMILES string of the molecule is CCCS(=O)(=O)c1cccc(C#Cc2cc(-c3ccccc3)ccc2OCC(=O)OC(C)(C)C)c1. The molecule has 0 N–H and O–H groups in total. The Morgan fingerprint density at radius 2 is 1.63 bits per heavy atom. The van der Waals surface area contributed by atoms with Crippen LogP contribution in [0.1, 0.15) is 45.2 Å². The fourth-order valence-electron chi connectivity index (χ4n) is 3.36. The number of carbonyl (C=O) groups excluding carboxylic acids is 1. The maximum Gasteiger partial charge on any atom is 0.344 e. The predicted molar refractivity (Wildman–Crippen MR) is 138 cm³/mol. The minimum Gasteiger partial charge on any atom is -0.481 e. The summed E-state index contributed by atoms with van der Waals surface area (Å²) in [6, 6.07) is 22.0. The van der Waals surface area contributed by atoms with Crippen molar-refractivity contribution in [2.75, 3.05) is 12.4 Å². The molecule has 182 valence electrons. The molecule has 0 unspecified atom stereocenters. The van der Waals surface area contributed by atoms with Crippen LogP contribution in [0.4, 0.5) is 0 Å². The lowest BCUT2D eigenvalue weighted by Crippen LogP contribution is -2.27. The molecular weight excluding hydrogens is 460 g/mol. The molecule has 0 aromatic heterocycles. The molecule has 0 fully saturated rings. The second-order valence-corrected chi connectivity index (χ2v) is 11.2. The summed E-state index contributed by atoms with van der Waals surface area (Å²) in [6.07, 6.45) is 0.545. The van der Waals surface area contributed by atoms with Gasteiger partial charge >= 0.3 is 5.97 Å². The van der Waals surface area contributed by atoms with Crippen LogP contribution in [-0.4, -0.2) is 32.3 Å². The van der Waals surface area contributed by atoms with Crippen LogP contribution in [0.25, 0.3) is 11.1 Å². The molecule has 0 atom stereocenters. The topological polar surface area (TPSA) is 69.7 Å². The summed E-state index contributed by atoms with van der Waals surface area (Å²) in [7, 11) is -3.34. The molecule has 0 spiro atoms. The molecule has 3 aromatic rings. The first-order chi connectivity index (χ1) is 16.6. The van der Waals surface area contributed by atoms with Gasteiger partial charge in [0.05, 0.1) is 16.2 Å². The van der Waals surface area contributed by atoms with Crippen LogP contribution >= 0.6 is 0 Å². The van der Waals surface area contributed by atoms with Crippen LogP contribution in [-0.2, 0) is 19.4 Å². The zero-order chi connectivity index (χ0) is 25.5. The first-order valence-electron chi connectivity index (χ1n) is 11.5. The fourth-order valence-corrected chi connectivity index (χ4v) is 4.73. The van der Waals surface area contributed by atoms with Crippen molar-refractivity contribution in [2.45, 2.75) is 44.6 Å². The van der Waals surface area contributed by atoms with E-state index in [9.17, 15) is 13.2 Å². The van der Waals surface area contributed by atoms with Gasteiger partial charge in [0.2, 0.25) is 0 Å². The van der Waals surface area contributed by atoms with Crippen LogP contribution in [0, 0.1) is 11.8 Å². The zero-order valence-corrected chi connectivity index (χ0v) is 21.3. The van der Waals surface area contributed by atoms with Gasteiger partial charge in [0.1, 0.15) is 11.4 Å². The van der Waals surface area contributed by atoms with Gasteiger partial charge in [0, 0.05) is 5.56 Å². The van der Waals surface area contributed by atoms with Gasteiger partial charge in [-0.15, -0.1) is 0 Å². The Kier molecular flexibility index (Phi) is 8.37. The molecule has 0 heterocycles. The zero-order valence-electron chi connectivity index (χ0n) is 20.5. The van der Waals surface area contributed by atoms with E-state index in [1.807, 2.05) is 49.4 Å². The van der Waals surface area contributed by atoms with Crippen LogP contribution in [0.2, 0.25) is 0 Å². The summed E-state index contributed by atoms with van der Waals surface area (Å²) in [5.74, 6) is 6.21. The van der Waals surface area contributed by atoms with Gasteiger partial charge < -0.3 is 9.47 Å². The molecule has 0 bridgehead atoms. The summed E-state index contributed by atoms with van der Waals surface area (Å²) < 4.78 is 36.0. The van der Waals surface area contributed by atoms with E-state index in [0.717, 1.165) is 11.1 Å². The smallest absolute Gasteiger partial charge is 0.344 e. The molecule has 0 aliphatic rings. The van der Waals surface area contributed by atoms with Gasteiger partial charge in [0.25, 0.3) is 0 Å². The third kappa shape index (κ3) is 7.73. The van der Waals surface area contributed by atoms with Crippen LogP contribution in [0.15, 0.2) is 77.7 Å². The number of hydrogen-bond donors (Lipinski definition) is 0. The highest BCUT2D eigenvalue weighted by molar-refractivity contribution is 7.91. The Labute approximate surface area is 208 Å². The van der Waals surface area contributed by atoms with Crippen molar-refractivity contribution in [1.29, 1.82) is 0 Å². The van der Waals surface area contributed by atoms with Gasteiger partial charge in [-0.1, -0.05) is 61.2 Å². The van der Waals surface area contributed by atoms with Crippen molar-refractivity contribution < 1.29 is 22.7 Å². The normalized spacial score (nSPS) is 11.3. The molecular formula is C29H30O5S. The molecule has 3 rings (SSSR count). The summed E-state index contributed by atoms with van der Waals surface area (Å²) in [5, 5.41) is 0. The highest BCUT2D eigenvalue weighted by Gasteiger charge is 2.17. The van der Waals surface area contributed by atoms with E-state index in [1.54, 1.807) is 51.1 Å². The van der Waals surface area contributed by atoms with E-state index in [-0.39, 0.29) is 17.3 Å². The fraction of sp³-hybridized carbons (Fsp3) is 0.276. The van der Waals surface area contributed by atoms with Crippen molar-refractivity contribution in [1.82, 2.24) is 0 Å². The first kappa shape index (κ1) is 26.1. The second kappa shape index (κ2) is 11.2. The van der Waals surface area contributed by atoms with Gasteiger partial charge in [-0.25, -0.2) is 13.2 Å². The Hall–Kier alpha value is -3.56. The lowest BCUT2D eigenvalue weighted by molar-refractivity contribution is -0.157. The largest absolute Gasteiger partial charge is 0.481 e. The van der Waals surface area contributed by atoms with E-state index >= 15 is 0 Å². The number of ether oxygens (including phenoxy) is 2. The van der Waals surface area contributed by atoms with Gasteiger partial charge in [-0.2, -0.15) is 0 Å². The Morgan fingerprint density at radius 3 is 2.31 bits per heavy atom. The number of sulfone groups is 1. The van der Waals surface area contributed by atoms with Crippen molar-refractivity contribution in [3.8, 4) is 28.7 Å². The second-order valence-electron chi connectivity index (χ2n) is 9.05. The van der Waals surface area contributed by atoms with Crippen molar-refractivity contribution in [2.24, 2.45) is 0 Å². The predicted octanol–water partition coefficient (Wildman–Crippen LogP) is 5.66. The van der Waals surface area contributed by atoms with Gasteiger partial charge in [-0.05, 0) is 68.7 Å². The van der Waals surface area contributed by atoms with Gasteiger partial charge in [-0.3, -0.25) is 0 Å². The Morgan fingerprint density at radius 1 is 0.886 bits per heavy atom. The van der Waals surface area contributed by atoms with Gasteiger partial charge in [0.15, 0.2) is 16.4 Å². The van der Waals surface area contributed by atoms with E-state index in [0.29, 0.717) is 23.3 Å². The highest BCUT2D eigenvalue weighted by atomic mass is 32.2. The lowest BCUT2D eigenvalue weighted by Gasteiger charge is -2.19. The molecule has 0 saturated carbocycles. The number of carbonyl (C=O) groups is 1. The molecule has 0 radical (unpaired) electrons. The highest BCUT2D eigenvalue weighted by Crippen LogP contribution is 2.27. The molecule has 35 heavy (non-hydrogen) atoms. The third-order valence-corrected chi connectivity index (χ3v) is 6.78. The summed E-state index contributed by atoms with van der Waals surface area (Å²) >= 11 is 0. The van der Waals surface area contributed by atoms with Crippen LogP contribution in [0.5, 0.6) is 5.75 Å². The Balaban J connectivity index is 1.95. The Bertz CT molecular complexity index is 1340. The average molecular weight is 491 g/mol. The number of rotatable bonds is 7. The van der Waals surface area contributed by atoms with Crippen LogP contribution in [0.3, 0.4) is 0 Å². The molecule has 5 nitrogen and oxygen atoms in total. The van der Waals surface area contributed by atoms with E-state index in [1.165, 1.54) is 0 Å². The number of esters is 1. The molecule has 0 amide bonds. The van der Waals surface area contributed by atoms with Crippen LogP contribution < -0.4 is 4.74 Å². The standard InChI is InChI=1S/C29H30O5S/c1-5-18-35(31,32)26-13-9-10-22(19-26)14-15-25-20-24(23-11-7-6-8-12-23)16-17-27(25)33-21-28(30)34-29(2,3)4/h6-13,16-17,19-20H,5,18,21H2,1-4H3. The minimum absolute atomic E-state index is 0.0889. The van der Waals surface area contributed by atoms with E-state index in [4.69, 9.17) is 9.47 Å². The first-order valence-corrected chi connectivity index (χ1v) is 13.1. The average Bonchev–Trinajstić information content (AvgIpc) is 2.81. The minimum atomic E-state index is -3.34. The summed E-state index contributed by atoms with van der Waals surface area (Å²) in [4.78, 5) is 12.4. The quantitative estimate of drug-likeness (QED) is 0.316. The lowest BCUT2D eigenvalue weighted by atomic mass is 10.0. The van der Waals surface area contributed by atoms with E-state index < -0.39 is 21.4 Å². The summed E-state index contributed by atoms with van der Waals surface area (Å²) in [5.41, 5.74) is 2.51. The van der Waals surface area contributed by atoms with Crippen molar-refractivity contribution in [3.05, 3.63) is 83.9 Å². The molecule has 6 heteroatoms. The molecule has 0 aliphatic heterocycles. The van der Waals surface area contributed by atoms with Crippen molar-refractivity contribution >= 4 is 15.8 Å². The maximum atomic E-state index is 12.5. The number of hydrogen-bond acceptors (Lipinski definition) is 5. The van der Waals surface area contributed by atoms with Crippen molar-refractivity contribution in [3.63, 3.8) is 0 Å².